The van der Waals surface area contributed by atoms with E-state index in [4.69, 9.17) is 9.47 Å². The highest BCUT2D eigenvalue weighted by Gasteiger charge is 2.29. The van der Waals surface area contributed by atoms with E-state index >= 15 is 0 Å². The van der Waals surface area contributed by atoms with Crippen molar-refractivity contribution in [1.29, 1.82) is 5.26 Å². The maximum absolute atomic E-state index is 14.6. The van der Waals surface area contributed by atoms with E-state index in [0.29, 0.717) is 60.0 Å². The first-order chi connectivity index (χ1) is 17.6. The average Bonchev–Trinajstić information content (AvgIpc) is 3.20. The van der Waals surface area contributed by atoms with Gasteiger partial charge in [-0.3, -0.25) is 14.1 Å². The Bertz CT molecular complexity index is 1510. The summed E-state index contributed by atoms with van der Waals surface area (Å²) in [6, 6.07) is 12.1. The van der Waals surface area contributed by atoms with Crippen molar-refractivity contribution in [3.8, 4) is 17.7 Å². The Hall–Kier alpha value is -4.39. The van der Waals surface area contributed by atoms with E-state index in [1.54, 1.807) is 28.5 Å². The molecule has 0 spiro atoms. The number of benzene rings is 2. The summed E-state index contributed by atoms with van der Waals surface area (Å²) in [6.45, 7) is 1.20. The Morgan fingerprint density at radius 1 is 1.08 bits per heavy atom. The summed E-state index contributed by atoms with van der Waals surface area (Å²) < 4.78 is 29.0. The van der Waals surface area contributed by atoms with E-state index in [2.05, 4.69) is 16.0 Å². The van der Waals surface area contributed by atoms with Crippen LogP contribution in [0.2, 0.25) is 0 Å². The third kappa shape index (κ3) is 3.92. The van der Waals surface area contributed by atoms with Crippen molar-refractivity contribution in [2.45, 2.75) is 25.4 Å². The molecule has 0 saturated carbocycles. The van der Waals surface area contributed by atoms with Crippen molar-refractivity contribution in [3.05, 3.63) is 76.4 Å². The molecule has 0 radical (unpaired) electrons. The standard InChI is InChI=1S/C26H25FN6O3/c1-35-22-8-4-7-21-24(22)32(16-20-25(36-2)30-12-11-29-20)26(34)33(21)18-9-13-31(14-10-18)23-17(15-28)5-3-6-19(23)27/h3-8,11-12,18H,9-10,13-14,16H2,1-2H3. The minimum Gasteiger partial charge on any atom is -0.494 e. The first-order valence-corrected chi connectivity index (χ1v) is 11.6. The Morgan fingerprint density at radius 3 is 2.56 bits per heavy atom. The zero-order valence-corrected chi connectivity index (χ0v) is 20.0. The van der Waals surface area contributed by atoms with Crippen LogP contribution in [0.5, 0.6) is 11.6 Å². The van der Waals surface area contributed by atoms with Gasteiger partial charge in [-0.15, -0.1) is 0 Å². The smallest absolute Gasteiger partial charge is 0.329 e. The van der Waals surface area contributed by atoms with Gasteiger partial charge in [0.25, 0.3) is 0 Å². The van der Waals surface area contributed by atoms with E-state index < -0.39 is 5.82 Å². The fourth-order valence-electron chi connectivity index (χ4n) is 5.03. The maximum atomic E-state index is 14.6. The normalized spacial score (nSPS) is 14.1. The molecule has 0 bridgehead atoms. The number of hydrogen-bond acceptors (Lipinski definition) is 7. The van der Waals surface area contributed by atoms with E-state index in [9.17, 15) is 14.4 Å². The number of nitrogens with zero attached hydrogens (tertiary/aromatic N) is 6. The number of aromatic nitrogens is 4. The highest BCUT2D eigenvalue weighted by Crippen LogP contribution is 2.33. The summed E-state index contributed by atoms with van der Waals surface area (Å²) in [6.07, 6.45) is 4.33. The van der Waals surface area contributed by atoms with Gasteiger partial charge in [-0.25, -0.2) is 14.2 Å². The van der Waals surface area contributed by atoms with E-state index in [1.165, 1.54) is 25.4 Å². The van der Waals surface area contributed by atoms with Crippen LogP contribution < -0.4 is 20.1 Å². The van der Waals surface area contributed by atoms with E-state index in [0.717, 1.165) is 5.52 Å². The van der Waals surface area contributed by atoms with Gasteiger partial charge in [0.05, 0.1) is 37.5 Å². The minimum atomic E-state index is -0.413. The molecule has 0 aliphatic carbocycles. The Morgan fingerprint density at radius 2 is 1.83 bits per heavy atom. The second kappa shape index (κ2) is 9.70. The van der Waals surface area contributed by atoms with Gasteiger partial charge in [-0.05, 0) is 37.1 Å². The van der Waals surface area contributed by atoms with Gasteiger partial charge in [0, 0.05) is 31.5 Å². The molecule has 4 aromatic rings. The molecule has 10 heteroatoms. The lowest BCUT2D eigenvalue weighted by molar-refractivity contribution is 0.382. The predicted octanol–water partition coefficient (Wildman–Crippen LogP) is 3.51. The number of nitriles is 1. The van der Waals surface area contributed by atoms with Crippen molar-refractivity contribution in [1.82, 2.24) is 19.1 Å². The van der Waals surface area contributed by atoms with Gasteiger partial charge in [0.1, 0.15) is 28.8 Å². The summed E-state index contributed by atoms with van der Waals surface area (Å²) in [5.74, 6) is 0.518. The van der Waals surface area contributed by atoms with Crippen molar-refractivity contribution in [3.63, 3.8) is 0 Å². The van der Waals surface area contributed by atoms with Crippen molar-refractivity contribution in [2.75, 3.05) is 32.2 Å². The van der Waals surface area contributed by atoms with Crippen LogP contribution in [0.25, 0.3) is 11.0 Å². The van der Waals surface area contributed by atoms with Gasteiger partial charge in [-0.2, -0.15) is 5.26 Å². The molecule has 184 valence electrons. The number of fused-ring (bicyclic) bond motifs is 1. The lowest BCUT2D eigenvalue weighted by atomic mass is 10.0. The topological polar surface area (TPSA) is 98.2 Å². The van der Waals surface area contributed by atoms with E-state index in [1.807, 2.05) is 23.1 Å². The fraction of sp³-hybridized carbons (Fsp3) is 0.308. The number of imidazole rings is 1. The summed E-state index contributed by atoms with van der Waals surface area (Å²) in [4.78, 5) is 24.3. The first kappa shape index (κ1) is 23.4. The average molecular weight is 489 g/mol. The number of halogens is 1. The van der Waals surface area contributed by atoms with Gasteiger partial charge >= 0.3 is 5.69 Å². The van der Waals surface area contributed by atoms with Crippen LogP contribution >= 0.6 is 0 Å². The summed E-state index contributed by atoms with van der Waals surface area (Å²) in [5.41, 5.74) is 2.40. The second-order valence-electron chi connectivity index (χ2n) is 8.55. The first-order valence-electron chi connectivity index (χ1n) is 11.6. The van der Waals surface area contributed by atoms with Crippen molar-refractivity contribution >= 4 is 16.7 Å². The van der Waals surface area contributed by atoms with Crippen LogP contribution in [0.15, 0.2) is 53.6 Å². The molecule has 0 amide bonds. The molecule has 1 fully saturated rings. The molecule has 2 aromatic heterocycles. The number of anilines is 1. The highest BCUT2D eigenvalue weighted by molar-refractivity contribution is 5.83. The zero-order valence-electron chi connectivity index (χ0n) is 20.0. The predicted molar refractivity (Wildman–Crippen MR) is 132 cm³/mol. The molecule has 0 N–H and O–H groups in total. The molecule has 5 rings (SSSR count). The molecular weight excluding hydrogens is 463 g/mol. The van der Waals surface area contributed by atoms with Crippen molar-refractivity contribution in [2.24, 2.45) is 0 Å². The fourth-order valence-corrected chi connectivity index (χ4v) is 5.03. The molecule has 1 aliphatic rings. The molecule has 0 unspecified atom stereocenters. The largest absolute Gasteiger partial charge is 0.494 e. The van der Waals surface area contributed by atoms with Gasteiger partial charge < -0.3 is 14.4 Å². The van der Waals surface area contributed by atoms with Gasteiger partial charge in [0.15, 0.2) is 0 Å². The Labute approximate surface area is 207 Å². The second-order valence-corrected chi connectivity index (χ2v) is 8.55. The lowest BCUT2D eigenvalue weighted by Crippen LogP contribution is -2.38. The Kier molecular flexibility index (Phi) is 6.29. The molecular formula is C26H25FN6O3. The number of piperidine rings is 1. The SMILES string of the molecule is COc1nccnc1Cn1c(=O)n(C2CCN(c3c(F)cccc3C#N)CC2)c2cccc(OC)c21. The molecule has 9 nitrogen and oxygen atoms in total. The number of para-hydroxylation sites is 2. The quantitative estimate of drug-likeness (QED) is 0.410. The third-order valence-electron chi connectivity index (χ3n) is 6.65. The monoisotopic (exact) mass is 488 g/mol. The van der Waals surface area contributed by atoms with Crippen molar-refractivity contribution < 1.29 is 13.9 Å². The van der Waals surface area contributed by atoms with Crippen LogP contribution in [0.3, 0.4) is 0 Å². The molecule has 3 heterocycles. The highest BCUT2D eigenvalue weighted by atomic mass is 19.1. The van der Waals surface area contributed by atoms with Crippen LogP contribution in [0.1, 0.15) is 30.1 Å². The summed E-state index contributed by atoms with van der Waals surface area (Å²) in [5, 5.41) is 9.45. The summed E-state index contributed by atoms with van der Waals surface area (Å²) >= 11 is 0. The molecule has 1 aliphatic heterocycles. The molecule has 36 heavy (non-hydrogen) atoms. The van der Waals surface area contributed by atoms with Gasteiger partial charge in [-0.1, -0.05) is 12.1 Å². The van der Waals surface area contributed by atoms with Crippen LogP contribution in [-0.4, -0.2) is 46.4 Å². The number of ether oxygens (including phenoxy) is 2. The molecule has 1 saturated heterocycles. The van der Waals surface area contributed by atoms with Crippen LogP contribution in [-0.2, 0) is 6.54 Å². The van der Waals surface area contributed by atoms with E-state index in [-0.39, 0.29) is 18.3 Å². The molecule has 0 atom stereocenters. The molecule has 2 aromatic carbocycles. The maximum Gasteiger partial charge on any atom is 0.329 e. The number of methoxy groups -OCH3 is 2. The third-order valence-corrected chi connectivity index (χ3v) is 6.65. The Balaban J connectivity index is 1.53. The van der Waals surface area contributed by atoms with Crippen LogP contribution in [0, 0.1) is 17.1 Å². The van der Waals surface area contributed by atoms with Gasteiger partial charge in [0.2, 0.25) is 5.88 Å². The minimum absolute atomic E-state index is 0.106. The zero-order chi connectivity index (χ0) is 25.2. The number of hydrogen-bond donors (Lipinski definition) is 0. The van der Waals surface area contributed by atoms with Crippen LogP contribution in [0.4, 0.5) is 10.1 Å². The lowest BCUT2D eigenvalue weighted by Gasteiger charge is -2.34. The number of rotatable bonds is 6. The summed E-state index contributed by atoms with van der Waals surface area (Å²) in [7, 11) is 3.09.